The highest BCUT2D eigenvalue weighted by Crippen LogP contribution is 2.40. The van der Waals surface area contributed by atoms with Gasteiger partial charge in [-0.1, -0.05) is 51.1 Å². The number of fused-ring (bicyclic) bond motifs is 1. The van der Waals surface area contributed by atoms with E-state index in [1.807, 2.05) is 54.7 Å². The van der Waals surface area contributed by atoms with Crippen molar-refractivity contribution in [2.75, 3.05) is 0 Å². The third kappa shape index (κ3) is 6.07. The Morgan fingerprint density at radius 1 is 1.10 bits per heavy atom. The van der Waals surface area contributed by atoms with Crippen molar-refractivity contribution in [3.8, 4) is 5.75 Å². The Balaban J connectivity index is 1.78. The number of benzene rings is 2. The molecule has 0 bridgehead atoms. The number of Topliss-reactive ketones (excluding diaryl/α,β-unsaturated/α-hetero) is 1. The Morgan fingerprint density at radius 3 is 2.52 bits per heavy atom. The monoisotopic (exact) mass is 419 g/mol. The fourth-order valence-corrected chi connectivity index (χ4v) is 3.51. The molecule has 1 heterocycles. The molecule has 1 aromatic heterocycles. The number of nitrogens with one attached hydrogen (secondary N) is 1. The second kappa shape index (κ2) is 9.65. The van der Waals surface area contributed by atoms with Gasteiger partial charge in [0.05, 0.1) is 6.26 Å². The van der Waals surface area contributed by atoms with Gasteiger partial charge in [0.1, 0.15) is 24.6 Å². The van der Waals surface area contributed by atoms with Crippen LogP contribution in [0.15, 0.2) is 67.1 Å². The summed E-state index contributed by atoms with van der Waals surface area (Å²) in [6.07, 6.45) is 5.05. The number of H-pyrrole nitrogens is 1. The molecule has 0 spiro atoms. The molecule has 0 aliphatic heterocycles. The van der Waals surface area contributed by atoms with Gasteiger partial charge in [0.25, 0.3) is 0 Å². The number of aromatic nitrogens is 1. The van der Waals surface area contributed by atoms with Crippen molar-refractivity contribution in [2.45, 2.75) is 46.6 Å². The summed E-state index contributed by atoms with van der Waals surface area (Å²) in [6, 6.07) is 16.1. The molecule has 0 saturated heterocycles. The molecule has 0 amide bonds. The van der Waals surface area contributed by atoms with E-state index in [2.05, 4.69) is 31.8 Å². The van der Waals surface area contributed by atoms with Crippen molar-refractivity contribution in [3.05, 3.63) is 78.2 Å². The molecule has 3 rings (SSSR count). The van der Waals surface area contributed by atoms with Gasteiger partial charge in [-0.3, -0.25) is 9.59 Å². The van der Waals surface area contributed by atoms with Gasteiger partial charge >= 0.3 is 5.97 Å². The summed E-state index contributed by atoms with van der Waals surface area (Å²) >= 11 is 0. The minimum atomic E-state index is -0.546. The predicted molar refractivity (Wildman–Crippen MR) is 122 cm³/mol. The number of hydrogen-bond acceptors (Lipinski definition) is 4. The van der Waals surface area contributed by atoms with Gasteiger partial charge in [-0.15, -0.1) is 0 Å². The van der Waals surface area contributed by atoms with Crippen molar-refractivity contribution >= 4 is 22.7 Å². The molecule has 1 unspecified atom stereocenters. The van der Waals surface area contributed by atoms with Crippen molar-refractivity contribution in [1.29, 1.82) is 0 Å². The Hall–Kier alpha value is -3.34. The minimum absolute atomic E-state index is 0.00228. The second-order valence-corrected chi connectivity index (χ2v) is 8.77. The summed E-state index contributed by atoms with van der Waals surface area (Å²) in [5.74, 6) is 0.0384. The molecule has 3 aromatic rings. The normalized spacial score (nSPS) is 12.8. The fourth-order valence-electron chi connectivity index (χ4n) is 3.51. The van der Waals surface area contributed by atoms with Crippen LogP contribution in [0.5, 0.6) is 5.75 Å². The van der Waals surface area contributed by atoms with Crippen LogP contribution in [0.1, 0.15) is 51.2 Å². The Labute approximate surface area is 183 Å². The van der Waals surface area contributed by atoms with Crippen LogP contribution in [0.3, 0.4) is 0 Å². The molecule has 0 radical (unpaired) electrons. The van der Waals surface area contributed by atoms with Crippen LogP contribution in [0.25, 0.3) is 10.9 Å². The number of esters is 1. The third-order valence-electron chi connectivity index (χ3n) is 5.07. The highest BCUT2D eigenvalue weighted by molar-refractivity contribution is 5.94. The SMILES string of the molecule is CC(=O)CC(=O)OC=CC(c1c[nH]c2cc(OCc3ccccc3)ccc12)C(C)(C)C. The van der Waals surface area contributed by atoms with E-state index in [1.165, 1.54) is 13.2 Å². The summed E-state index contributed by atoms with van der Waals surface area (Å²) in [6.45, 7) is 8.28. The number of carbonyl (C=O) groups is 2. The molecule has 1 atom stereocenters. The van der Waals surface area contributed by atoms with Crippen molar-refractivity contribution in [2.24, 2.45) is 5.41 Å². The highest BCUT2D eigenvalue weighted by atomic mass is 16.5. The summed E-state index contributed by atoms with van der Waals surface area (Å²) < 4.78 is 11.1. The first-order chi connectivity index (χ1) is 14.7. The Morgan fingerprint density at radius 2 is 1.84 bits per heavy atom. The molecule has 162 valence electrons. The Bertz CT molecular complexity index is 1070. The largest absolute Gasteiger partial charge is 0.489 e. The molecule has 5 heteroatoms. The lowest BCUT2D eigenvalue weighted by atomic mass is 9.76. The van der Waals surface area contributed by atoms with Gasteiger partial charge in [-0.25, -0.2) is 0 Å². The lowest BCUT2D eigenvalue weighted by Crippen LogP contribution is -2.16. The second-order valence-electron chi connectivity index (χ2n) is 8.77. The lowest BCUT2D eigenvalue weighted by molar-refractivity contribution is -0.140. The summed E-state index contributed by atoms with van der Waals surface area (Å²) in [5, 5.41) is 1.09. The number of ketones is 1. The average Bonchev–Trinajstić information content (AvgIpc) is 3.11. The highest BCUT2D eigenvalue weighted by Gasteiger charge is 2.26. The molecule has 0 aliphatic rings. The van der Waals surface area contributed by atoms with Crippen molar-refractivity contribution < 1.29 is 19.1 Å². The van der Waals surface area contributed by atoms with Gasteiger partial charge in [0.15, 0.2) is 0 Å². The van der Waals surface area contributed by atoms with Gasteiger partial charge < -0.3 is 14.5 Å². The molecule has 1 N–H and O–H groups in total. The molecule has 0 aliphatic carbocycles. The third-order valence-corrected chi connectivity index (χ3v) is 5.07. The standard InChI is InChI=1S/C26H29NO4/c1-18(28)14-25(29)30-13-12-23(26(2,3)4)22-16-27-24-15-20(10-11-21(22)24)31-17-19-8-6-5-7-9-19/h5-13,15-16,23,27H,14,17H2,1-4H3. The van der Waals surface area contributed by atoms with E-state index in [1.54, 1.807) is 0 Å². The van der Waals surface area contributed by atoms with Crippen LogP contribution in [0.4, 0.5) is 0 Å². The maximum atomic E-state index is 11.7. The zero-order chi connectivity index (χ0) is 22.4. The molecule has 31 heavy (non-hydrogen) atoms. The molecule has 5 nitrogen and oxygen atoms in total. The van der Waals surface area contributed by atoms with E-state index in [9.17, 15) is 9.59 Å². The maximum Gasteiger partial charge on any atom is 0.318 e. The van der Waals surface area contributed by atoms with E-state index in [0.717, 1.165) is 27.8 Å². The summed E-state index contributed by atoms with van der Waals surface area (Å²) in [7, 11) is 0. The first-order valence-electron chi connectivity index (χ1n) is 10.4. The number of aromatic amines is 1. The van der Waals surface area contributed by atoms with Gasteiger partial charge in [-0.2, -0.15) is 0 Å². The van der Waals surface area contributed by atoms with Crippen LogP contribution in [-0.2, 0) is 20.9 Å². The quantitative estimate of drug-likeness (QED) is 0.280. The van der Waals surface area contributed by atoms with E-state index < -0.39 is 5.97 Å². The van der Waals surface area contributed by atoms with E-state index in [0.29, 0.717) is 6.61 Å². The maximum absolute atomic E-state index is 11.7. The first kappa shape index (κ1) is 22.3. The predicted octanol–water partition coefficient (Wildman–Crippen LogP) is 5.91. The van der Waals surface area contributed by atoms with E-state index >= 15 is 0 Å². The number of hydrogen-bond donors (Lipinski definition) is 1. The topological polar surface area (TPSA) is 68.4 Å². The van der Waals surface area contributed by atoms with Crippen molar-refractivity contribution in [3.63, 3.8) is 0 Å². The number of ether oxygens (including phenoxy) is 2. The number of rotatable bonds is 8. The van der Waals surface area contributed by atoms with Gasteiger partial charge in [0, 0.05) is 29.1 Å². The zero-order valence-electron chi connectivity index (χ0n) is 18.5. The van der Waals surface area contributed by atoms with Crippen LogP contribution in [0.2, 0.25) is 0 Å². The van der Waals surface area contributed by atoms with Gasteiger partial charge in [0.2, 0.25) is 0 Å². The van der Waals surface area contributed by atoms with Crippen LogP contribution in [0, 0.1) is 5.41 Å². The smallest absolute Gasteiger partial charge is 0.318 e. The van der Waals surface area contributed by atoms with Crippen LogP contribution in [-0.4, -0.2) is 16.7 Å². The molecular formula is C26H29NO4. The van der Waals surface area contributed by atoms with Gasteiger partial charge in [-0.05, 0) is 41.7 Å². The molecule has 0 saturated carbocycles. The molecular weight excluding hydrogens is 390 g/mol. The number of allylic oxidation sites excluding steroid dienone is 1. The minimum Gasteiger partial charge on any atom is -0.489 e. The average molecular weight is 420 g/mol. The number of carbonyl (C=O) groups excluding carboxylic acids is 2. The zero-order valence-corrected chi connectivity index (χ0v) is 18.5. The van der Waals surface area contributed by atoms with E-state index in [4.69, 9.17) is 9.47 Å². The lowest BCUT2D eigenvalue weighted by Gasteiger charge is -2.28. The first-order valence-corrected chi connectivity index (χ1v) is 10.4. The molecule has 0 fully saturated rings. The molecule has 2 aromatic carbocycles. The summed E-state index contributed by atoms with van der Waals surface area (Å²) in [5.41, 5.74) is 3.10. The Kier molecular flexibility index (Phi) is 6.95. The fraction of sp³-hybridized carbons (Fsp3) is 0.308. The van der Waals surface area contributed by atoms with Crippen LogP contribution < -0.4 is 4.74 Å². The summed E-state index contributed by atoms with van der Waals surface area (Å²) in [4.78, 5) is 26.1. The van der Waals surface area contributed by atoms with Crippen LogP contribution >= 0.6 is 0 Å². The van der Waals surface area contributed by atoms with E-state index in [-0.39, 0.29) is 23.5 Å². The van der Waals surface area contributed by atoms with Crippen molar-refractivity contribution in [1.82, 2.24) is 4.98 Å².